The quantitative estimate of drug-likeness (QED) is 0.719. The molecule has 92 valence electrons. The first-order chi connectivity index (χ1) is 8.66. The molecule has 0 aromatic carbocycles. The molecule has 3 N–H and O–H groups in total. The Morgan fingerprint density at radius 1 is 1.39 bits per heavy atom. The molecule has 0 bridgehead atoms. The first-order valence-electron chi connectivity index (χ1n) is 5.81. The molecule has 3 aromatic heterocycles. The van der Waals surface area contributed by atoms with Gasteiger partial charge in [-0.25, -0.2) is 9.97 Å². The largest absolute Gasteiger partial charge is 0.382 e. The van der Waals surface area contributed by atoms with Crippen molar-refractivity contribution in [2.24, 2.45) is 0 Å². The molecule has 3 rings (SSSR count). The molecule has 0 spiro atoms. The lowest BCUT2D eigenvalue weighted by molar-refractivity contribution is 0.618. The van der Waals surface area contributed by atoms with Gasteiger partial charge in [0.15, 0.2) is 11.5 Å². The van der Waals surface area contributed by atoms with Crippen molar-refractivity contribution < 1.29 is 0 Å². The van der Waals surface area contributed by atoms with E-state index in [1.165, 1.54) is 0 Å². The van der Waals surface area contributed by atoms with Gasteiger partial charge < -0.3 is 10.3 Å². The lowest BCUT2D eigenvalue weighted by Gasteiger charge is -2.10. The van der Waals surface area contributed by atoms with Crippen LogP contribution in [0.5, 0.6) is 0 Å². The predicted octanol–water partition coefficient (Wildman–Crippen LogP) is 1.98. The summed E-state index contributed by atoms with van der Waals surface area (Å²) in [7, 11) is 0. The molecule has 6 nitrogen and oxygen atoms in total. The second-order valence-corrected chi connectivity index (χ2v) is 4.45. The van der Waals surface area contributed by atoms with Gasteiger partial charge in [0.25, 0.3) is 0 Å². The molecule has 0 aliphatic heterocycles. The number of anilines is 1. The molecule has 18 heavy (non-hydrogen) atoms. The van der Waals surface area contributed by atoms with Gasteiger partial charge in [0, 0.05) is 18.3 Å². The zero-order valence-corrected chi connectivity index (χ0v) is 10.3. The van der Waals surface area contributed by atoms with Crippen LogP contribution in [0, 0.1) is 0 Å². The van der Waals surface area contributed by atoms with Crippen molar-refractivity contribution in [3.05, 3.63) is 24.4 Å². The standard InChI is InChI=1S/C12H14N6/c1-7(2)18-11-8(4-3-5-14-11)15-12(18)9-6-10(13)17-16-9/h3-7H,1-2H3,(H3,13,16,17). The molecule has 0 amide bonds. The van der Waals surface area contributed by atoms with Crippen LogP contribution in [0.25, 0.3) is 22.7 Å². The lowest BCUT2D eigenvalue weighted by Crippen LogP contribution is -2.04. The van der Waals surface area contributed by atoms with E-state index in [0.717, 1.165) is 22.7 Å². The first kappa shape index (κ1) is 10.8. The Labute approximate surface area is 104 Å². The zero-order valence-electron chi connectivity index (χ0n) is 10.3. The molecule has 0 saturated heterocycles. The van der Waals surface area contributed by atoms with Crippen molar-refractivity contribution in [3.8, 4) is 11.5 Å². The number of rotatable bonds is 2. The summed E-state index contributed by atoms with van der Waals surface area (Å²) in [5.41, 5.74) is 8.19. The van der Waals surface area contributed by atoms with Gasteiger partial charge >= 0.3 is 0 Å². The molecule has 3 aromatic rings. The topological polar surface area (TPSA) is 85.4 Å². The van der Waals surface area contributed by atoms with E-state index in [2.05, 4.69) is 38.6 Å². The van der Waals surface area contributed by atoms with Gasteiger partial charge in [-0.15, -0.1) is 0 Å². The first-order valence-corrected chi connectivity index (χ1v) is 5.81. The maximum Gasteiger partial charge on any atom is 0.160 e. The number of hydrogen-bond acceptors (Lipinski definition) is 4. The fourth-order valence-electron chi connectivity index (χ4n) is 2.06. The van der Waals surface area contributed by atoms with Gasteiger partial charge in [-0.3, -0.25) is 5.10 Å². The minimum Gasteiger partial charge on any atom is -0.382 e. The summed E-state index contributed by atoms with van der Waals surface area (Å²) < 4.78 is 2.07. The maximum absolute atomic E-state index is 5.64. The van der Waals surface area contributed by atoms with Crippen molar-refractivity contribution in [2.45, 2.75) is 19.9 Å². The number of nitrogen functional groups attached to an aromatic ring is 1. The molecule has 0 aliphatic rings. The second-order valence-electron chi connectivity index (χ2n) is 4.45. The van der Waals surface area contributed by atoms with E-state index in [-0.39, 0.29) is 6.04 Å². The zero-order chi connectivity index (χ0) is 12.7. The van der Waals surface area contributed by atoms with Crippen LogP contribution in [0.4, 0.5) is 5.82 Å². The average molecular weight is 242 g/mol. The number of aromatic nitrogens is 5. The molecule has 0 atom stereocenters. The summed E-state index contributed by atoms with van der Waals surface area (Å²) in [5.74, 6) is 1.27. The Hall–Kier alpha value is -2.37. The Morgan fingerprint density at radius 3 is 2.89 bits per heavy atom. The Bertz CT molecular complexity index is 693. The summed E-state index contributed by atoms with van der Waals surface area (Å²) in [6, 6.07) is 5.86. The van der Waals surface area contributed by atoms with Crippen LogP contribution in [0.2, 0.25) is 0 Å². The highest BCUT2D eigenvalue weighted by molar-refractivity contribution is 5.76. The predicted molar refractivity (Wildman–Crippen MR) is 69.9 cm³/mol. The van der Waals surface area contributed by atoms with Crippen LogP contribution >= 0.6 is 0 Å². The Morgan fingerprint density at radius 2 is 2.22 bits per heavy atom. The third kappa shape index (κ3) is 1.54. The van der Waals surface area contributed by atoms with Crippen LogP contribution in [0.15, 0.2) is 24.4 Å². The monoisotopic (exact) mass is 242 g/mol. The average Bonchev–Trinajstić information content (AvgIpc) is 2.91. The summed E-state index contributed by atoms with van der Waals surface area (Å²) >= 11 is 0. The summed E-state index contributed by atoms with van der Waals surface area (Å²) in [4.78, 5) is 8.98. The molecular weight excluding hydrogens is 228 g/mol. The number of pyridine rings is 1. The fourth-order valence-corrected chi connectivity index (χ4v) is 2.06. The van der Waals surface area contributed by atoms with Gasteiger partial charge in [-0.2, -0.15) is 5.10 Å². The van der Waals surface area contributed by atoms with Crippen LogP contribution in [0.1, 0.15) is 19.9 Å². The minimum absolute atomic E-state index is 0.254. The van der Waals surface area contributed by atoms with E-state index in [1.807, 2.05) is 12.1 Å². The lowest BCUT2D eigenvalue weighted by atomic mass is 10.3. The number of hydrogen-bond donors (Lipinski definition) is 2. The second kappa shape index (κ2) is 3.83. The summed E-state index contributed by atoms with van der Waals surface area (Å²) in [5, 5.41) is 6.83. The normalized spacial score (nSPS) is 11.5. The number of nitrogens with two attached hydrogens (primary N) is 1. The van der Waals surface area contributed by atoms with E-state index in [1.54, 1.807) is 12.3 Å². The van der Waals surface area contributed by atoms with Crippen LogP contribution < -0.4 is 5.73 Å². The fraction of sp³-hybridized carbons (Fsp3) is 0.250. The molecule has 0 aliphatic carbocycles. The Kier molecular flexibility index (Phi) is 2.29. The molecule has 0 radical (unpaired) electrons. The smallest absolute Gasteiger partial charge is 0.160 e. The highest BCUT2D eigenvalue weighted by Crippen LogP contribution is 2.26. The van der Waals surface area contributed by atoms with Gasteiger partial charge in [0.05, 0.1) is 0 Å². The third-order valence-corrected chi connectivity index (χ3v) is 2.80. The molecule has 6 heteroatoms. The van der Waals surface area contributed by atoms with Crippen molar-refractivity contribution in [3.63, 3.8) is 0 Å². The molecule has 3 heterocycles. The SMILES string of the molecule is CC(C)n1c(-c2cc(N)n[nH]2)nc2cccnc21. The van der Waals surface area contributed by atoms with Gasteiger partial charge in [-0.1, -0.05) is 0 Å². The maximum atomic E-state index is 5.64. The number of fused-ring (bicyclic) bond motifs is 1. The van der Waals surface area contributed by atoms with E-state index in [0.29, 0.717) is 5.82 Å². The number of aromatic amines is 1. The number of nitrogens with one attached hydrogen (secondary N) is 1. The van der Waals surface area contributed by atoms with Crippen LogP contribution in [-0.4, -0.2) is 24.7 Å². The highest BCUT2D eigenvalue weighted by atomic mass is 15.2. The molecule has 0 saturated carbocycles. The number of imidazole rings is 1. The van der Waals surface area contributed by atoms with Crippen molar-refractivity contribution in [1.29, 1.82) is 0 Å². The van der Waals surface area contributed by atoms with E-state index in [4.69, 9.17) is 5.73 Å². The number of nitrogens with zero attached hydrogens (tertiary/aromatic N) is 4. The van der Waals surface area contributed by atoms with Crippen molar-refractivity contribution in [1.82, 2.24) is 24.7 Å². The van der Waals surface area contributed by atoms with E-state index < -0.39 is 0 Å². The molecule has 0 fully saturated rings. The summed E-state index contributed by atoms with van der Waals surface area (Å²) in [6.07, 6.45) is 1.77. The van der Waals surface area contributed by atoms with Crippen LogP contribution in [-0.2, 0) is 0 Å². The van der Waals surface area contributed by atoms with Crippen molar-refractivity contribution >= 4 is 17.0 Å². The molecule has 0 unspecified atom stereocenters. The Balaban J connectivity index is 2.31. The third-order valence-electron chi connectivity index (χ3n) is 2.80. The van der Waals surface area contributed by atoms with Gasteiger partial charge in [0.1, 0.15) is 17.0 Å². The minimum atomic E-state index is 0.254. The van der Waals surface area contributed by atoms with Gasteiger partial charge in [0.2, 0.25) is 0 Å². The van der Waals surface area contributed by atoms with Crippen molar-refractivity contribution in [2.75, 3.05) is 5.73 Å². The van der Waals surface area contributed by atoms with E-state index >= 15 is 0 Å². The number of H-pyrrole nitrogens is 1. The summed E-state index contributed by atoms with van der Waals surface area (Å²) in [6.45, 7) is 4.19. The molecular formula is C12H14N6. The van der Waals surface area contributed by atoms with E-state index in [9.17, 15) is 0 Å². The van der Waals surface area contributed by atoms with Crippen LogP contribution in [0.3, 0.4) is 0 Å². The highest BCUT2D eigenvalue weighted by Gasteiger charge is 2.16. The van der Waals surface area contributed by atoms with Gasteiger partial charge in [-0.05, 0) is 26.0 Å².